The minimum absolute atomic E-state index is 0.740. The van der Waals surface area contributed by atoms with E-state index in [1.165, 1.54) is 50.5 Å². The first-order valence-corrected chi connectivity index (χ1v) is 7.58. The normalized spacial score (nSPS) is 10.9. The zero-order valence-electron chi connectivity index (χ0n) is 11.9. The standard InChI is InChI=1S/C18H26O/c19-17-13-8-6-4-2-1-3-5-7-10-14-18-15-11-9-12-16-18/h9-12,14-17H,1-8,13H2/b14-10-. The van der Waals surface area contributed by atoms with Crippen LogP contribution >= 0.6 is 0 Å². The largest absolute Gasteiger partial charge is 0.303 e. The van der Waals surface area contributed by atoms with E-state index in [-0.39, 0.29) is 0 Å². The van der Waals surface area contributed by atoms with Gasteiger partial charge in [0.2, 0.25) is 0 Å². The molecule has 0 aliphatic heterocycles. The Hall–Kier alpha value is -1.37. The van der Waals surface area contributed by atoms with E-state index in [0.717, 1.165) is 19.1 Å². The maximum atomic E-state index is 10.1. The van der Waals surface area contributed by atoms with Crippen LogP contribution in [0.1, 0.15) is 63.4 Å². The van der Waals surface area contributed by atoms with Crippen LogP contribution in [0.15, 0.2) is 36.4 Å². The second-order valence-electron chi connectivity index (χ2n) is 5.03. The molecule has 0 saturated carbocycles. The highest BCUT2D eigenvalue weighted by atomic mass is 16.1. The summed E-state index contributed by atoms with van der Waals surface area (Å²) >= 11 is 0. The summed E-state index contributed by atoms with van der Waals surface area (Å²) < 4.78 is 0. The molecule has 0 aliphatic rings. The average Bonchev–Trinajstić information content (AvgIpc) is 2.46. The molecule has 1 aromatic carbocycles. The molecule has 1 aromatic rings. The smallest absolute Gasteiger partial charge is 0.119 e. The Morgan fingerprint density at radius 1 is 0.737 bits per heavy atom. The van der Waals surface area contributed by atoms with E-state index >= 15 is 0 Å². The number of carbonyl (C=O) groups is 1. The van der Waals surface area contributed by atoms with Crippen molar-refractivity contribution < 1.29 is 4.79 Å². The number of unbranched alkanes of at least 4 members (excludes halogenated alkanes) is 8. The van der Waals surface area contributed by atoms with Crippen molar-refractivity contribution in [1.29, 1.82) is 0 Å². The predicted octanol–water partition coefficient (Wildman–Crippen LogP) is 5.41. The van der Waals surface area contributed by atoms with Gasteiger partial charge < -0.3 is 4.79 Å². The molecule has 0 aromatic heterocycles. The molecule has 0 saturated heterocycles. The maximum Gasteiger partial charge on any atom is 0.119 e. The third-order valence-corrected chi connectivity index (χ3v) is 3.30. The Labute approximate surface area is 117 Å². The van der Waals surface area contributed by atoms with Gasteiger partial charge in [-0.3, -0.25) is 0 Å². The number of aldehydes is 1. The first-order valence-electron chi connectivity index (χ1n) is 7.58. The number of benzene rings is 1. The third kappa shape index (κ3) is 9.24. The summed E-state index contributed by atoms with van der Waals surface area (Å²) in [7, 11) is 0. The van der Waals surface area contributed by atoms with Crippen LogP contribution in [0.5, 0.6) is 0 Å². The Morgan fingerprint density at radius 3 is 1.95 bits per heavy atom. The van der Waals surface area contributed by atoms with Crippen LogP contribution in [-0.4, -0.2) is 6.29 Å². The fraction of sp³-hybridized carbons (Fsp3) is 0.500. The Kier molecular flexibility index (Phi) is 9.66. The van der Waals surface area contributed by atoms with Crippen molar-refractivity contribution in [2.24, 2.45) is 0 Å². The molecule has 0 fully saturated rings. The highest BCUT2D eigenvalue weighted by molar-refractivity contribution is 5.49. The van der Waals surface area contributed by atoms with E-state index in [4.69, 9.17) is 0 Å². The van der Waals surface area contributed by atoms with Gasteiger partial charge in [-0.15, -0.1) is 0 Å². The fourth-order valence-electron chi connectivity index (χ4n) is 2.16. The summed E-state index contributed by atoms with van der Waals surface area (Å²) in [5.41, 5.74) is 1.29. The van der Waals surface area contributed by atoms with Crippen molar-refractivity contribution in [2.45, 2.75) is 57.8 Å². The molecule has 0 aliphatic carbocycles. The van der Waals surface area contributed by atoms with E-state index in [2.05, 4.69) is 36.4 Å². The number of carbonyl (C=O) groups excluding carboxylic acids is 1. The van der Waals surface area contributed by atoms with Gasteiger partial charge in [-0.2, -0.15) is 0 Å². The summed E-state index contributed by atoms with van der Waals surface area (Å²) in [6.07, 6.45) is 16.3. The van der Waals surface area contributed by atoms with Gasteiger partial charge in [0.15, 0.2) is 0 Å². The van der Waals surface area contributed by atoms with Gasteiger partial charge in [0.1, 0.15) is 6.29 Å². The van der Waals surface area contributed by atoms with Crippen molar-refractivity contribution in [3.63, 3.8) is 0 Å². The second kappa shape index (κ2) is 11.7. The molecule has 0 amide bonds. The Balaban J connectivity index is 1.89. The lowest BCUT2D eigenvalue weighted by atomic mass is 10.1. The number of rotatable bonds is 11. The molecule has 0 spiro atoms. The third-order valence-electron chi connectivity index (χ3n) is 3.30. The molecular weight excluding hydrogens is 232 g/mol. The Morgan fingerprint density at radius 2 is 1.32 bits per heavy atom. The van der Waals surface area contributed by atoms with Gasteiger partial charge >= 0.3 is 0 Å². The molecule has 1 rings (SSSR count). The van der Waals surface area contributed by atoms with Gasteiger partial charge in [0.25, 0.3) is 0 Å². The molecule has 0 bridgehead atoms. The molecule has 0 atom stereocenters. The van der Waals surface area contributed by atoms with Crippen LogP contribution in [0.4, 0.5) is 0 Å². The Bertz CT molecular complexity index is 340. The van der Waals surface area contributed by atoms with Gasteiger partial charge in [-0.05, 0) is 24.8 Å². The van der Waals surface area contributed by atoms with E-state index < -0.39 is 0 Å². The van der Waals surface area contributed by atoms with E-state index in [1.807, 2.05) is 6.07 Å². The van der Waals surface area contributed by atoms with Crippen molar-refractivity contribution in [2.75, 3.05) is 0 Å². The quantitative estimate of drug-likeness (QED) is 0.383. The molecule has 1 nitrogen and oxygen atoms in total. The summed E-state index contributed by atoms with van der Waals surface area (Å²) in [6, 6.07) is 10.5. The number of allylic oxidation sites excluding steroid dienone is 1. The van der Waals surface area contributed by atoms with E-state index in [1.54, 1.807) is 0 Å². The van der Waals surface area contributed by atoms with Crippen molar-refractivity contribution in [3.8, 4) is 0 Å². The first kappa shape index (κ1) is 15.7. The van der Waals surface area contributed by atoms with Gasteiger partial charge in [0.05, 0.1) is 0 Å². The lowest BCUT2D eigenvalue weighted by molar-refractivity contribution is -0.107. The molecular formula is C18H26O. The van der Waals surface area contributed by atoms with Gasteiger partial charge in [0, 0.05) is 6.42 Å². The zero-order valence-corrected chi connectivity index (χ0v) is 11.9. The molecule has 1 heteroatoms. The van der Waals surface area contributed by atoms with Crippen LogP contribution in [-0.2, 0) is 4.79 Å². The molecule has 0 heterocycles. The summed E-state index contributed by atoms with van der Waals surface area (Å²) in [4.78, 5) is 10.1. The lowest BCUT2D eigenvalue weighted by Gasteiger charge is -1.99. The highest BCUT2D eigenvalue weighted by Gasteiger charge is 1.91. The fourth-order valence-corrected chi connectivity index (χ4v) is 2.16. The van der Waals surface area contributed by atoms with Crippen LogP contribution in [0.25, 0.3) is 6.08 Å². The minimum Gasteiger partial charge on any atom is -0.303 e. The van der Waals surface area contributed by atoms with Crippen LogP contribution < -0.4 is 0 Å². The van der Waals surface area contributed by atoms with Crippen molar-refractivity contribution >= 4 is 12.4 Å². The van der Waals surface area contributed by atoms with Gasteiger partial charge in [-0.1, -0.05) is 74.6 Å². The van der Waals surface area contributed by atoms with Crippen LogP contribution in [0.3, 0.4) is 0 Å². The summed E-state index contributed by atoms with van der Waals surface area (Å²) in [5.74, 6) is 0. The topological polar surface area (TPSA) is 17.1 Å². The van der Waals surface area contributed by atoms with Crippen molar-refractivity contribution in [3.05, 3.63) is 42.0 Å². The molecule has 0 N–H and O–H groups in total. The highest BCUT2D eigenvalue weighted by Crippen LogP contribution is 2.10. The van der Waals surface area contributed by atoms with Gasteiger partial charge in [-0.25, -0.2) is 0 Å². The summed E-state index contributed by atoms with van der Waals surface area (Å²) in [5, 5.41) is 0. The van der Waals surface area contributed by atoms with Crippen molar-refractivity contribution in [1.82, 2.24) is 0 Å². The zero-order chi connectivity index (χ0) is 13.6. The predicted molar refractivity (Wildman–Crippen MR) is 83.1 cm³/mol. The second-order valence-corrected chi connectivity index (χ2v) is 5.03. The minimum atomic E-state index is 0.740. The lowest BCUT2D eigenvalue weighted by Crippen LogP contribution is -1.81. The number of hydrogen-bond acceptors (Lipinski definition) is 1. The first-order chi connectivity index (χ1) is 9.43. The molecule has 0 radical (unpaired) electrons. The maximum absolute atomic E-state index is 10.1. The SMILES string of the molecule is O=CCCCCCCCCC/C=C\c1ccccc1. The van der Waals surface area contributed by atoms with Crippen LogP contribution in [0.2, 0.25) is 0 Å². The molecule has 104 valence electrons. The molecule has 0 unspecified atom stereocenters. The van der Waals surface area contributed by atoms with E-state index in [0.29, 0.717) is 0 Å². The van der Waals surface area contributed by atoms with Crippen LogP contribution in [0, 0.1) is 0 Å². The monoisotopic (exact) mass is 258 g/mol. The van der Waals surface area contributed by atoms with E-state index in [9.17, 15) is 4.79 Å². The summed E-state index contributed by atoms with van der Waals surface area (Å²) in [6.45, 7) is 0. The average molecular weight is 258 g/mol. The number of hydrogen-bond donors (Lipinski definition) is 0. The molecule has 19 heavy (non-hydrogen) atoms.